The highest BCUT2D eigenvalue weighted by Gasteiger charge is 0.187. The molecule has 0 aromatic carbocycles. The molecule has 4 heavy (non-hydrogen) atoms. The Morgan fingerprint density at radius 3 is 0.750 bits per heavy atom. The molecule has 0 N–H and O–H groups in total. The molecule has 4 heteroatoms. The lowest BCUT2D eigenvalue weighted by atomic mass is 10.8. The first-order valence-electron chi connectivity index (χ1n) is 0. The summed E-state index contributed by atoms with van der Waals surface area (Å²) in [5.74, 6) is 0. The Kier molecular flexibility index (Phi) is 1630. The van der Waals surface area contributed by atoms with Gasteiger partial charge in [0.15, 0.2) is 17.4 Å². The van der Waals surface area contributed by atoms with Crippen molar-refractivity contribution in [2.45, 2.75) is 0 Å². The molecule has 0 rings (SSSR count). The minimum absolute atomic E-state index is 0. The highest BCUT2D eigenvalue weighted by molar-refractivity contribution is 5.76. The summed E-state index contributed by atoms with van der Waals surface area (Å²) >= 11 is 0. The van der Waals surface area contributed by atoms with E-state index in [2.05, 4.69) is 0 Å². The summed E-state index contributed by atoms with van der Waals surface area (Å²) in [6, 6.07) is 0. The van der Waals surface area contributed by atoms with Gasteiger partial charge >= 0.3 is 0 Å². The zero-order valence-electron chi connectivity index (χ0n) is 1.73. The zero-order chi connectivity index (χ0) is 0. The predicted octanol–water partition coefficient (Wildman–Crippen LogP) is -2.08. The van der Waals surface area contributed by atoms with Crippen molar-refractivity contribution < 1.29 is 1.43 Å². The summed E-state index contributed by atoms with van der Waals surface area (Å²) in [5.41, 5.74) is 0. The Hall–Kier alpha value is 0.727. The highest BCUT2D eigenvalue weighted by Crippen LogP contribution is -0.378. The Balaban J connectivity index is 0. The van der Waals surface area contributed by atoms with Gasteiger partial charge in [0.25, 0.3) is 0 Å². The molecule has 0 heterocycles. The van der Waals surface area contributed by atoms with E-state index >= 15 is 0 Å². The first-order valence-corrected chi connectivity index (χ1v) is 0. The van der Waals surface area contributed by atoms with Gasteiger partial charge in [-0.15, -0.1) is 0 Å². The standard InChI is InChI=1S/Al.3B.H2.3H/h;;;;1H;;;. The van der Waals surface area contributed by atoms with Crippen molar-refractivity contribution in [3.05, 3.63) is 0 Å². The summed E-state index contributed by atoms with van der Waals surface area (Å²) in [6.07, 6.45) is 0. The van der Waals surface area contributed by atoms with E-state index in [1.165, 1.54) is 0 Å². The molecule has 0 unspecified atom stereocenters. The molecule has 0 saturated heterocycles. The molecule has 0 aromatic heterocycles. The van der Waals surface area contributed by atoms with Crippen molar-refractivity contribution in [2.24, 2.45) is 0 Å². The van der Waals surface area contributed by atoms with Crippen LogP contribution in [0.5, 0.6) is 0 Å². The van der Waals surface area contributed by atoms with Crippen LogP contribution in [0.15, 0.2) is 0 Å². The number of hydrogen-bond acceptors (Lipinski definition) is 0. The molecule has 0 aromatic rings. The SMILES string of the molecule is [AlH3].[B].[B].[B].[HH]. The van der Waals surface area contributed by atoms with Crippen LogP contribution in [0.25, 0.3) is 0 Å². The molecule has 0 aliphatic heterocycles. The van der Waals surface area contributed by atoms with Gasteiger partial charge in [0.1, 0.15) is 0 Å². The van der Waals surface area contributed by atoms with Crippen molar-refractivity contribution in [3.63, 3.8) is 0 Å². The molecule has 0 aliphatic rings. The van der Waals surface area contributed by atoms with E-state index in [1.54, 1.807) is 0 Å². The third kappa shape index (κ3) is 15.4. The van der Waals surface area contributed by atoms with Crippen molar-refractivity contribution in [1.82, 2.24) is 0 Å². The third-order valence-electron chi connectivity index (χ3n) is 0. The molecule has 0 aliphatic carbocycles. The minimum atomic E-state index is 0. The Morgan fingerprint density at radius 2 is 0.750 bits per heavy atom. The monoisotopic (exact) mass is 65.0 g/mol. The normalized spacial score (nSPS) is 0. The van der Waals surface area contributed by atoms with E-state index in [0.29, 0.717) is 0 Å². The summed E-state index contributed by atoms with van der Waals surface area (Å²) < 4.78 is 0. The molecular formula is H5AlB3. The van der Waals surface area contributed by atoms with Crippen LogP contribution in [-0.4, -0.2) is 42.6 Å². The topological polar surface area (TPSA) is 0 Å². The Bertz CT molecular complexity index is 6.85. The van der Waals surface area contributed by atoms with Gasteiger partial charge in [-0.3, -0.25) is 0 Å². The fourth-order valence-corrected chi connectivity index (χ4v) is 0. The van der Waals surface area contributed by atoms with E-state index in [0.717, 1.165) is 0 Å². The van der Waals surface area contributed by atoms with Crippen molar-refractivity contribution in [2.75, 3.05) is 0 Å². The van der Waals surface area contributed by atoms with Crippen molar-refractivity contribution in [3.8, 4) is 0 Å². The van der Waals surface area contributed by atoms with E-state index in [4.69, 9.17) is 0 Å². The molecular weight excluding hydrogens is 59.4 g/mol. The molecule has 0 fully saturated rings. The predicted molar refractivity (Wildman–Crippen MR) is 29.3 cm³/mol. The maximum atomic E-state index is 0. The molecule has 0 amide bonds. The lowest BCUT2D eigenvalue weighted by Gasteiger charge is -0.00100. The van der Waals surface area contributed by atoms with Gasteiger partial charge in [0.2, 0.25) is 0 Å². The third-order valence-corrected chi connectivity index (χ3v) is 0. The second-order valence-corrected chi connectivity index (χ2v) is 0. The zero-order valence-corrected chi connectivity index (χ0v) is 1.73. The van der Waals surface area contributed by atoms with Gasteiger partial charge in [-0.1, -0.05) is 0 Å². The average molecular weight is 64.5 g/mol. The van der Waals surface area contributed by atoms with Crippen molar-refractivity contribution in [1.29, 1.82) is 0 Å². The molecule has 0 spiro atoms. The van der Waals surface area contributed by atoms with Gasteiger partial charge in [-0.25, -0.2) is 0 Å². The maximum Gasteiger partial charge on any atom is 0.187 e. The maximum absolute atomic E-state index is 0. The minimum Gasteiger partial charge on any atom is 0 e. The Morgan fingerprint density at radius 1 is 0.750 bits per heavy atom. The summed E-state index contributed by atoms with van der Waals surface area (Å²) in [4.78, 5) is 0. The smallest absolute Gasteiger partial charge is 0 e. The lowest BCUT2D eigenvalue weighted by Crippen LogP contribution is -0.382. The van der Waals surface area contributed by atoms with E-state index in [-0.39, 0.29) is 44.0 Å². The number of rotatable bonds is 0. The summed E-state index contributed by atoms with van der Waals surface area (Å²) in [5, 5.41) is 0. The first kappa shape index (κ1) is 124. The summed E-state index contributed by atoms with van der Waals surface area (Å²) in [7, 11) is 0. The van der Waals surface area contributed by atoms with Crippen LogP contribution in [0.2, 0.25) is 0 Å². The fourth-order valence-electron chi connectivity index (χ4n) is 0. The second-order valence-electron chi connectivity index (χ2n) is 0. The molecule has 9 radical (unpaired) electrons. The summed E-state index contributed by atoms with van der Waals surface area (Å²) in [6.45, 7) is 0. The van der Waals surface area contributed by atoms with Gasteiger partial charge in [-0.05, 0) is 0 Å². The first-order chi connectivity index (χ1) is 0. The van der Waals surface area contributed by atoms with E-state index in [9.17, 15) is 0 Å². The fraction of sp³-hybridized carbons (Fsp3) is 0. The van der Waals surface area contributed by atoms with Gasteiger partial charge in [-0.2, -0.15) is 0 Å². The Labute approximate surface area is 44.7 Å². The van der Waals surface area contributed by atoms with Crippen LogP contribution in [0.1, 0.15) is 1.43 Å². The lowest BCUT2D eigenvalue weighted by molar-refractivity contribution is 5.75. The van der Waals surface area contributed by atoms with Crippen LogP contribution in [0.4, 0.5) is 0 Å². The average Bonchev–Trinajstić information content (AvgIpc) is 0. The highest BCUT2D eigenvalue weighted by atomic mass is 27.0. The van der Waals surface area contributed by atoms with Crippen LogP contribution >= 0.6 is 0 Å². The van der Waals surface area contributed by atoms with Gasteiger partial charge < -0.3 is 0 Å². The van der Waals surface area contributed by atoms with E-state index < -0.39 is 0 Å². The molecule has 17 valence electrons. The van der Waals surface area contributed by atoms with Crippen LogP contribution in [0.3, 0.4) is 0 Å². The molecule has 0 saturated carbocycles. The largest absolute Gasteiger partial charge is 0.187 e. The van der Waals surface area contributed by atoms with Crippen LogP contribution < -0.4 is 0 Å². The molecule has 0 nitrogen and oxygen atoms in total. The van der Waals surface area contributed by atoms with E-state index in [1.807, 2.05) is 0 Å². The van der Waals surface area contributed by atoms with Gasteiger partial charge in [0, 0.05) is 26.7 Å². The van der Waals surface area contributed by atoms with Crippen LogP contribution in [-0.2, 0) is 0 Å². The second kappa shape index (κ2) is 52.4. The quantitative estimate of drug-likeness (QED) is 0.284. The van der Waals surface area contributed by atoms with Crippen LogP contribution in [0, 0.1) is 0 Å². The van der Waals surface area contributed by atoms with Gasteiger partial charge in [0.05, 0.1) is 0 Å². The molecule has 0 atom stereocenters. The molecule has 0 bridgehead atoms. The number of hydrogen-bond donors (Lipinski definition) is 0. The van der Waals surface area contributed by atoms with Crippen molar-refractivity contribution >= 4 is 42.6 Å².